The van der Waals surface area contributed by atoms with Crippen LogP contribution in [0.5, 0.6) is 5.75 Å². The van der Waals surface area contributed by atoms with Crippen LogP contribution in [0.3, 0.4) is 0 Å². The Hall–Kier alpha value is -2.51. The summed E-state index contributed by atoms with van der Waals surface area (Å²) >= 11 is 7.20. The van der Waals surface area contributed by atoms with Crippen molar-refractivity contribution in [1.82, 2.24) is 5.43 Å². The van der Waals surface area contributed by atoms with Gasteiger partial charge in [0.15, 0.2) is 6.61 Å². The lowest BCUT2D eigenvalue weighted by Gasteiger charge is -2.03. The van der Waals surface area contributed by atoms with E-state index in [2.05, 4.69) is 10.5 Å². The fourth-order valence-electron chi connectivity index (χ4n) is 1.70. The Bertz CT molecular complexity index is 749. The van der Waals surface area contributed by atoms with E-state index in [0.29, 0.717) is 10.8 Å². The van der Waals surface area contributed by atoms with Gasteiger partial charge in [-0.2, -0.15) is 5.10 Å². The molecule has 0 heterocycles. The number of nitrogens with zero attached hydrogens (tertiary/aromatic N) is 1. The zero-order valence-corrected chi connectivity index (χ0v) is 14.7. The molecule has 2 rings (SSSR count). The molecule has 25 heavy (non-hydrogen) atoms. The monoisotopic (exact) mass is 377 g/mol. The molecule has 0 aliphatic heterocycles. The number of carbonyl (C=O) groups is 2. The van der Waals surface area contributed by atoms with Gasteiger partial charge in [0.2, 0.25) is 5.91 Å². The molecule has 0 saturated heterocycles. The first-order valence-corrected chi connectivity index (χ1v) is 8.61. The molecular formula is C17H16ClN3O3S. The van der Waals surface area contributed by atoms with Crippen LogP contribution in [-0.2, 0) is 9.59 Å². The number of hydrogen-bond donors (Lipinski definition) is 2. The molecule has 0 spiro atoms. The third-order valence-corrected chi connectivity index (χ3v) is 4.11. The summed E-state index contributed by atoms with van der Waals surface area (Å²) in [5.74, 6) is 0.0283. The van der Waals surface area contributed by atoms with E-state index in [4.69, 9.17) is 22.1 Å². The molecule has 6 nitrogen and oxygen atoms in total. The number of ether oxygens (including phenoxy) is 1. The smallest absolute Gasteiger partial charge is 0.255 e. The Morgan fingerprint density at radius 2 is 1.84 bits per heavy atom. The number of rotatable bonds is 8. The minimum atomic E-state index is -0.537. The molecule has 3 N–H and O–H groups in total. The first-order valence-electron chi connectivity index (χ1n) is 7.24. The third kappa shape index (κ3) is 7.28. The van der Waals surface area contributed by atoms with Gasteiger partial charge in [0.25, 0.3) is 5.91 Å². The summed E-state index contributed by atoms with van der Waals surface area (Å²) in [6, 6.07) is 14.1. The second kappa shape index (κ2) is 9.71. The minimum Gasteiger partial charge on any atom is -0.484 e. The summed E-state index contributed by atoms with van der Waals surface area (Å²) in [5.41, 5.74) is 8.23. The molecule has 0 unspecified atom stereocenters. The summed E-state index contributed by atoms with van der Waals surface area (Å²) in [6.07, 6.45) is 1.52. The van der Waals surface area contributed by atoms with Crippen molar-refractivity contribution in [3.8, 4) is 5.75 Å². The van der Waals surface area contributed by atoms with E-state index in [9.17, 15) is 9.59 Å². The second-order valence-electron chi connectivity index (χ2n) is 4.86. The zero-order chi connectivity index (χ0) is 18.1. The molecular weight excluding hydrogens is 362 g/mol. The van der Waals surface area contributed by atoms with Gasteiger partial charge in [-0.05, 0) is 54.1 Å². The Labute approximate surface area is 154 Å². The largest absolute Gasteiger partial charge is 0.484 e. The van der Waals surface area contributed by atoms with Crippen LogP contribution >= 0.6 is 23.4 Å². The van der Waals surface area contributed by atoms with Crippen LogP contribution in [-0.4, -0.2) is 30.4 Å². The van der Waals surface area contributed by atoms with Crippen molar-refractivity contribution in [2.75, 3.05) is 12.4 Å². The molecule has 0 aliphatic carbocycles. The summed E-state index contributed by atoms with van der Waals surface area (Å²) in [6.45, 7) is -0.172. The number of hydrogen-bond acceptors (Lipinski definition) is 5. The lowest BCUT2D eigenvalue weighted by molar-refractivity contribution is -0.120. The van der Waals surface area contributed by atoms with Crippen molar-refractivity contribution in [3.63, 3.8) is 0 Å². The van der Waals surface area contributed by atoms with Gasteiger partial charge in [-0.25, -0.2) is 5.43 Å². The number of amides is 2. The van der Waals surface area contributed by atoms with Crippen molar-refractivity contribution < 1.29 is 14.3 Å². The highest BCUT2D eigenvalue weighted by atomic mass is 35.5. The Morgan fingerprint density at radius 1 is 1.16 bits per heavy atom. The number of hydrazone groups is 1. The summed E-state index contributed by atoms with van der Waals surface area (Å²) in [4.78, 5) is 23.3. The number of nitrogens with one attached hydrogen (secondary N) is 1. The number of benzene rings is 2. The van der Waals surface area contributed by atoms with Crippen LogP contribution in [0.15, 0.2) is 58.5 Å². The van der Waals surface area contributed by atoms with Gasteiger partial charge in [-0.3, -0.25) is 9.59 Å². The Kier molecular flexibility index (Phi) is 7.31. The van der Waals surface area contributed by atoms with Gasteiger partial charge < -0.3 is 10.5 Å². The van der Waals surface area contributed by atoms with Gasteiger partial charge in [0.1, 0.15) is 5.75 Å². The summed E-state index contributed by atoms with van der Waals surface area (Å²) in [5, 5.41) is 4.55. The standard InChI is InChI=1S/C17H16ClN3O3S/c18-13-3-7-15(8-4-13)25-11-17(23)21-20-9-12-1-5-14(6-2-12)24-10-16(19)22/h1-9H,10-11H2,(H2,19,22)(H,21,23). The zero-order valence-electron chi connectivity index (χ0n) is 13.1. The number of carbonyl (C=O) groups excluding carboxylic acids is 2. The molecule has 0 bridgehead atoms. The Morgan fingerprint density at radius 3 is 2.48 bits per heavy atom. The fourth-order valence-corrected chi connectivity index (χ4v) is 2.51. The average molecular weight is 378 g/mol. The van der Waals surface area contributed by atoms with Gasteiger partial charge >= 0.3 is 0 Å². The lowest BCUT2D eigenvalue weighted by atomic mass is 10.2. The summed E-state index contributed by atoms with van der Waals surface area (Å²) in [7, 11) is 0. The molecule has 0 radical (unpaired) electrons. The van der Waals surface area contributed by atoms with Crippen LogP contribution in [0.2, 0.25) is 5.02 Å². The first-order chi connectivity index (χ1) is 12.0. The predicted octanol–water partition coefficient (Wildman–Crippen LogP) is 2.45. The molecule has 130 valence electrons. The van der Waals surface area contributed by atoms with Gasteiger partial charge in [-0.15, -0.1) is 11.8 Å². The van der Waals surface area contributed by atoms with Crippen molar-refractivity contribution in [3.05, 3.63) is 59.1 Å². The lowest BCUT2D eigenvalue weighted by Crippen LogP contribution is -2.20. The van der Waals surface area contributed by atoms with Crippen LogP contribution in [0.1, 0.15) is 5.56 Å². The molecule has 0 atom stereocenters. The van der Waals surface area contributed by atoms with Gasteiger partial charge in [-0.1, -0.05) is 11.6 Å². The maximum absolute atomic E-state index is 11.7. The molecule has 2 amide bonds. The van der Waals surface area contributed by atoms with Crippen LogP contribution in [0.25, 0.3) is 0 Å². The van der Waals surface area contributed by atoms with Crippen molar-refractivity contribution in [2.24, 2.45) is 10.8 Å². The summed E-state index contributed by atoms with van der Waals surface area (Å²) < 4.78 is 5.15. The maximum atomic E-state index is 11.7. The van der Waals surface area contributed by atoms with E-state index in [1.807, 2.05) is 12.1 Å². The van der Waals surface area contributed by atoms with E-state index in [1.165, 1.54) is 18.0 Å². The number of nitrogens with two attached hydrogens (primary N) is 1. The molecule has 0 saturated carbocycles. The molecule has 8 heteroatoms. The van der Waals surface area contributed by atoms with Crippen molar-refractivity contribution >= 4 is 41.4 Å². The van der Waals surface area contributed by atoms with Crippen LogP contribution in [0.4, 0.5) is 0 Å². The fraction of sp³-hybridized carbons (Fsp3) is 0.118. The normalized spacial score (nSPS) is 10.6. The number of halogens is 1. The molecule has 0 aliphatic rings. The van der Waals surface area contributed by atoms with E-state index < -0.39 is 5.91 Å². The van der Waals surface area contributed by atoms with Gasteiger partial charge in [0.05, 0.1) is 12.0 Å². The number of thioether (sulfide) groups is 1. The van der Waals surface area contributed by atoms with Crippen LogP contribution in [0, 0.1) is 0 Å². The highest BCUT2D eigenvalue weighted by Crippen LogP contribution is 2.19. The van der Waals surface area contributed by atoms with Crippen molar-refractivity contribution in [2.45, 2.75) is 4.90 Å². The molecule has 0 fully saturated rings. The third-order valence-electron chi connectivity index (χ3n) is 2.85. The predicted molar refractivity (Wildman–Crippen MR) is 99.0 cm³/mol. The maximum Gasteiger partial charge on any atom is 0.255 e. The van der Waals surface area contributed by atoms with E-state index >= 15 is 0 Å². The highest BCUT2D eigenvalue weighted by molar-refractivity contribution is 8.00. The van der Waals surface area contributed by atoms with Crippen LogP contribution < -0.4 is 15.9 Å². The molecule has 2 aromatic rings. The SMILES string of the molecule is NC(=O)COc1ccc(C=NNC(=O)CSc2ccc(Cl)cc2)cc1. The van der Waals surface area contributed by atoms with E-state index in [0.717, 1.165) is 10.5 Å². The topological polar surface area (TPSA) is 93.8 Å². The van der Waals surface area contributed by atoms with E-state index in [-0.39, 0.29) is 18.3 Å². The van der Waals surface area contributed by atoms with Gasteiger partial charge in [0, 0.05) is 9.92 Å². The number of primary amides is 1. The average Bonchev–Trinajstić information content (AvgIpc) is 2.60. The second-order valence-corrected chi connectivity index (χ2v) is 6.34. The van der Waals surface area contributed by atoms with E-state index in [1.54, 1.807) is 36.4 Å². The molecule has 0 aromatic heterocycles. The highest BCUT2D eigenvalue weighted by Gasteiger charge is 2.02. The first kappa shape index (κ1) is 18.8. The Balaban J connectivity index is 1.74. The quantitative estimate of drug-likeness (QED) is 0.419. The minimum absolute atomic E-state index is 0.172. The molecule has 2 aromatic carbocycles. The van der Waals surface area contributed by atoms with Crippen molar-refractivity contribution in [1.29, 1.82) is 0 Å².